The number of hydrogen-bond donors (Lipinski definition) is 2. The van der Waals surface area contributed by atoms with Crippen LogP contribution in [0.4, 0.5) is 0 Å². The first kappa shape index (κ1) is 15.3. The van der Waals surface area contributed by atoms with Crippen molar-refractivity contribution in [2.45, 2.75) is 38.1 Å². The number of nitrogens with zero attached hydrogens (tertiary/aromatic N) is 1. The number of amides is 1. The zero-order chi connectivity index (χ0) is 16.4. The fourth-order valence-corrected chi connectivity index (χ4v) is 2.96. The first-order valence-corrected chi connectivity index (χ1v) is 7.61. The second-order valence-electron chi connectivity index (χ2n) is 5.84. The topological polar surface area (TPSA) is 92.4 Å². The minimum absolute atomic E-state index is 0.136. The summed E-state index contributed by atoms with van der Waals surface area (Å²) in [5.74, 6) is -0.769. The van der Waals surface area contributed by atoms with E-state index in [0.717, 1.165) is 18.4 Å². The summed E-state index contributed by atoms with van der Waals surface area (Å²) in [6.45, 7) is 1.65. The third-order valence-electron chi connectivity index (χ3n) is 4.25. The Bertz CT molecular complexity index is 730. The SMILES string of the molecule is Cc1oc(-c2ccccc2)nc1C(=O)NC1(C(=O)O)CCCC1. The number of aliphatic carboxylic acids is 1. The lowest BCUT2D eigenvalue weighted by atomic mass is 9.97. The predicted molar refractivity (Wildman–Crippen MR) is 83.0 cm³/mol. The largest absolute Gasteiger partial charge is 0.480 e. The van der Waals surface area contributed by atoms with Crippen molar-refractivity contribution in [3.63, 3.8) is 0 Å². The van der Waals surface area contributed by atoms with Gasteiger partial charge in [-0.2, -0.15) is 0 Å². The van der Waals surface area contributed by atoms with Gasteiger partial charge in [-0.3, -0.25) is 4.79 Å². The third kappa shape index (κ3) is 2.84. The number of rotatable bonds is 4. The molecule has 120 valence electrons. The summed E-state index contributed by atoms with van der Waals surface area (Å²) >= 11 is 0. The third-order valence-corrected chi connectivity index (χ3v) is 4.25. The van der Waals surface area contributed by atoms with Gasteiger partial charge in [0.05, 0.1) is 0 Å². The number of hydrogen-bond acceptors (Lipinski definition) is 4. The van der Waals surface area contributed by atoms with Gasteiger partial charge in [0.15, 0.2) is 5.69 Å². The number of benzene rings is 1. The molecule has 1 fully saturated rings. The van der Waals surface area contributed by atoms with Gasteiger partial charge in [-0.05, 0) is 31.9 Å². The molecule has 0 unspecified atom stereocenters. The zero-order valence-corrected chi connectivity index (χ0v) is 12.8. The summed E-state index contributed by atoms with van der Waals surface area (Å²) < 4.78 is 5.56. The number of aryl methyl sites for hydroxylation is 1. The van der Waals surface area contributed by atoms with Crippen LogP contribution in [0.5, 0.6) is 0 Å². The molecule has 1 aliphatic rings. The maximum Gasteiger partial charge on any atom is 0.329 e. The van der Waals surface area contributed by atoms with E-state index in [1.54, 1.807) is 6.92 Å². The zero-order valence-electron chi connectivity index (χ0n) is 12.8. The van der Waals surface area contributed by atoms with E-state index in [0.29, 0.717) is 24.5 Å². The van der Waals surface area contributed by atoms with Crippen molar-refractivity contribution in [2.24, 2.45) is 0 Å². The molecule has 2 N–H and O–H groups in total. The lowest BCUT2D eigenvalue weighted by Gasteiger charge is -2.24. The molecule has 0 atom stereocenters. The number of carboxylic acids is 1. The number of aromatic nitrogens is 1. The Labute approximate surface area is 133 Å². The molecule has 1 saturated carbocycles. The van der Waals surface area contributed by atoms with Crippen molar-refractivity contribution in [3.05, 3.63) is 41.8 Å². The number of oxazole rings is 1. The van der Waals surface area contributed by atoms with Crippen LogP contribution in [-0.4, -0.2) is 27.5 Å². The Hall–Kier alpha value is -2.63. The molecule has 23 heavy (non-hydrogen) atoms. The van der Waals surface area contributed by atoms with Gasteiger partial charge in [-0.25, -0.2) is 9.78 Å². The summed E-state index contributed by atoms with van der Waals surface area (Å²) in [5, 5.41) is 12.1. The average molecular weight is 314 g/mol. The Morgan fingerprint density at radius 2 is 1.87 bits per heavy atom. The molecule has 3 rings (SSSR count). The summed E-state index contributed by atoms with van der Waals surface area (Å²) in [6, 6.07) is 9.26. The van der Waals surface area contributed by atoms with Crippen LogP contribution in [0.1, 0.15) is 41.9 Å². The second-order valence-corrected chi connectivity index (χ2v) is 5.84. The highest BCUT2D eigenvalue weighted by Gasteiger charge is 2.43. The maximum absolute atomic E-state index is 12.5. The van der Waals surface area contributed by atoms with Crippen molar-refractivity contribution < 1.29 is 19.1 Å². The van der Waals surface area contributed by atoms with Crippen LogP contribution in [0.2, 0.25) is 0 Å². The van der Waals surface area contributed by atoms with Gasteiger partial charge in [0.1, 0.15) is 11.3 Å². The Morgan fingerprint density at radius 3 is 2.48 bits per heavy atom. The molecule has 6 heteroatoms. The summed E-state index contributed by atoms with van der Waals surface area (Å²) in [6.07, 6.45) is 2.46. The molecule has 0 saturated heterocycles. The van der Waals surface area contributed by atoms with E-state index in [9.17, 15) is 14.7 Å². The van der Waals surface area contributed by atoms with Crippen LogP contribution in [0.25, 0.3) is 11.5 Å². The Morgan fingerprint density at radius 1 is 1.22 bits per heavy atom. The van der Waals surface area contributed by atoms with Crippen LogP contribution in [-0.2, 0) is 4.79 Å². The van der Waals surface area contributed by atoms with Gasteiger partial charge in [-0.1, -0.05) is 31.0 Å². The summed E-state index contributed by atoms with van der Waals surface area (Å²) in [7, 11) is 0. The molecule has 6 nitrogen and oxygen atoms in total. The van der Waals surface area contributed by atoms with Gasteiger partial charge in [0.25, 0.3) is 5.91 Å². The monoisotopic (exact) mass is 314 g/mol. The van der Waals surface area contributed by atoms with E-state index in [2.05, 4.69) is 10.3 Å². The van der Waals surface area contributed by atoms with E-state index < -0.39 is 17.4 Å². The maximum atomic E-state index is 12.5. The average Bonchev–Trinajstić information content (AvgIpc) is 3.16. The summed E-state index contributed by atoms with van der Waals surface area (Å²) in [5.41, 5.74) is -0.283. The highest BCUT2D eigenvalue weighted by molar-refractivity contribution is 5.97. The molecule has 0 spiro atoms. The number of carboxylic acid groups (broad SMARTS) is 1. The highest BCUT2D eigenvalue weighted by atomic mass is 16.4. The second kappa shape index (κ2) is 5.87. The molecular formula is C17H18N2O4. The molecule has 1 aromatic carbocycles. The molecule has 1 heterocycles. The van der Waals surface area contributed by atoms with Crippen LogP contribution < -0.4 is 5.32 Å². The summed E-state index contributed by atoms with van der Waals surface area (Å²) in [4.78, 5) is 28.3. The highest BCUT2D eigenvalue weighted by Crippen LogP contribution is 2.30. The quantitative estimate of drug-likeness (QED) is 0.905. The van der Waals surface area contributed by atoms with E-state index >= 15 is 0 Å². The normalized spacial score (nSPS) is 16.2. The lowest BCUT2D eigenvalue weighted by Crippen LogP contribution is -2.52. The van der Waals surface area contributed by atoms with Crippen molar-refractivity contribution >= 4 is 11.9 Å². The number of carbonyl (C=O) groups excluding carboxylic acids is 1. The molecule has 1 amide bonds. The van der Waals surface area contributed by atoms with Gasteiger partial charge in [-0.15, -0.1) is 0 Å². The van der Waals surface area contributed by atoms with Crippen molar-refractivity contribution in [2.75, 3.05) is 0 Å². The lowest BCUT2D eigenvalue weighted by molar-refractivity contribution is -0.144. The molecule has 1 aromatic heterocycles. The molecule has 2 aromatic rings. The van der Waals surface area contributed by atoms with Crippen molar-refractivity contribution in [1.29, 1.82) is 0 Å². The standard InChI is InChI=1S/C17H18N2O4/c1-11-13(18-15(23-11)12-7-3-2-4-8-12)14(20)19-17(16(21)22)9-5-6-10-17/h2-4,7-8H,5-6,9-10H2,1H3,(H,19,20)(H,21,22). The van der Waals surface area contributed by atoms with E-state index in [-0.39, 0.29) is 5.69 Å². The van der Waals surface area contributed by atoms with Crippen LogP contribution in [0.3, 0.4) is 0 Å². The van der Waals surface area contributed by atoms with E-state index in [1.807, 2.05) is 30.3 Å². The van der Waals surface area contributed by atoms with Gasteiger partial charge in [0, 0.05) is 5.56 Å². The fraction of sp³-hybridized carbons (Fsp3) is 0.353. The molecular weight excluding hydrogens is 296 g/mol. The molecule has 0 bridgehead atoms. The molecule has 1 aliphatic carbocycles. The minimum atomic E-state index is -1.19. The van der Waals surface area contributed by atoms with Crippen LogP contribution >= 0.6 is 0 Å². The predicted octanol–water partition coefficient (Wildman–Crippen LogP) is 2.78. The molecule has 0 radical (unpaired) electrons. The fourth-order valence-electron chi connectivity index (χ4n) is 2.96. The van der Waals surface area contributed by atoms with E-state index in [1.165, 1.54) is 0 Å². The first-order chi connectivity index (χ1) is 11.0. The Kier molecular flexibility index (Phi) is 3.90. The number of nitrogens with one attached hydrogen (secondary N) is 1. The van der Waals surface area contributed by atoms with Gasteiger partial charge < -0.3 is 14.8 Å². The smallest absolute Gasteiger partial charge is 0.329 e. The number of carbonyl (C=O) groups is 2. The van der Waals surface area contributed by atoms with Crippen LogP contribution in [0.15, 0.2) is 34.7 Å². The molecule has 0 aliphatic heterocycles. The van der Waals surface area contributed by atoms with Gasteiger partial charge >= 0.3 is 5.97 Å². The minimum Gasteiger partial charge on any atom is -0.480 e. The van der Waals surface area contributed by atoms with Crippen LogP contribution in [0, 0.1) is 6.92 Å². The van der Waals surface area contributed by atoms with Crippen molar-refractivity contribution in [1.82, 2.24) is 10.3 Å². The Balaban J connectivity index is 1.86. The van der Waals surface area contributed by atoms with Crippen molar-refractivity contribution in [3.8, 4) is 11.5 Å². The first-order valence-electron chi connectivity index (χ1n) is 7.61. The van der Waals surface area contributed by atoms with Gasteiger partial charge in [0.2, 0.25) is 5.89 Å². The van der Waals surface area contributed by atoms with E-state index in [4.69, 9.17) is 4.42 Å².